The first-order valence-electron chi connectivity index (χ1n) is 7.77. The van der Waals surface area contributed by atoms with E-state index in [2.05, 4.69) is 9.82 Å². The van der Waals surface area contributed by atoms with Crippen molar-refractivity contribution in [2.75, 3.05) is 0 Å². The van der Waals surface area contributed by atoms with E-state index in [4.69, 9.17) is 4.74 Å². The average Bonchev–Trinajstić information content (AvgIpc) is 3.18. The SMILES string of the molecule is Cn1cc(S(=O)(=O)NCc2cccc(OC3CCCC3)c2)cn1. The number of nitrogens with one attached hydrogen (secondary N) is 1. The number of benzene rings is 1. The van der Waals surface area contributed by atoms with Gasteiger partial charge in [-0.2, -0.15) is 5.10 Å². The lowest BCUT2D eigenvalue weighted by atomic mass is 10.2. The summed E-state index contributed by atoms with van der Waals surface area (Å²) < 4.78 is 34.4. The summed E-state index contributed by atoms with van der Waals surface area (Å²) in [6, 6.07) is 7.58. The fourth-order valence-electron chi connectivity index (χ4n) is 2.73. The molecule has 0 aliphatic heterocycles. The number of sulfonamides is 1. The minimum Gasteiger partial charge on any atom is -0.490 e. The molecule has 7 heteroatoms. The van der Waals surface area contributed by atoms with E-state index in [1.165, 1.54) is 29.9 Å². The van der Waals surface area contributed by atoms with E-state index in [1.807, 2.05) is 24.3 Å². The summed E-state index contributed by atoms with van der Waals surface area (Å²) in [6.07, 6.45) is 7.72. The van der Waals surface area contributed by atoms with Crippen LogP contribution >= 0.6 is 0 Å². The van der Waals surface area contributed by atoms with Crippen molar-refractivity contribution in [2.24, 2.45) is 7.05 Å². The van der Waals surface area contributed by atoms with Crippen LogP contribution < -0.4 is 9.46 Å². The molecule has 1 aromatic heterocycles. The van der Waals surface area contributed by atoms with Gasteiger partial charge in [-0.3, -0.25) is 4.68 Å². The lowest BCUT2D eigenvalue weighted by molar-refractivity contribution is 0.210. The lowest BCUT2D eigenvalue weighted by Crippen LogP contribution is -2.23. The van der Waals surface area contributed by atoms with Gasteiger partial charge < -0.3 is 4.74 Å². The molecule has 0 saturated heterocycles. The fourth-order valence-corrected chi connectivity index (χ4v) is 3.73. The molecular weight excluding hydrogens is 314 g/mol. The Hall–Kier alpha value is -1.86. The molecule has 1 heterocycles. The Morgan fingerprint density at radius 3 is 2.83 bits per heavy atom. The van der Waals surface area contributed by atoms with Crippen molar-refractivity contribution >= 4 is 10.0 Å². The van der Waals surface area contributed by atoms with Crippen molar-refractivity contribution in [2.45, 2.75) is 43.2 Å². The van der Waals surface area contributed by atoms with Gasteiger partial charge in [0.15, 0.2) is 0 Å². The van der Waals surface area contributed by atoms with Crippen LogP contribution in [0.3, 0.4) is 0 Å². The molecule has 23 heavy (non-hydrogen) atoms. The number of hydrogen-bond donors (Lipinski definition) is 1. The Labute approximate surface area is 136 Å². The van der Waals surface area contributed by atoms with Gasteiger partial charge in [0.05, 0.1) is 12.3 Å². The smallest absolute Gasteiger partial charge is 0.243 e. The molecule has 1 aromatic carbocycles. The van der Waals surface area contributed by atoms with Crippen LogP contribution in [0.4, 0.5) is 0 Å². The minimum atomic E-state index is -3.55. The molecule has 1 aliphatic carbocycles. The Balaban J connectivity index is 1.63. The van der Waals surface area contributed by atoms with Gasteiger partial charge in [-0.15, -0.1) is 0 Å². The van der Waals surface area contributed by atoms with Crippen LogP contribution in [0.25, 0.3) is 0 Å². The molecule has 6 nitrogen and oxygen atoms in total. The Bertz CT molecular complexity index is 764. The summed E-state index contributed by atoms with van der Waals surface area (Å²) in [5.74, 6) is 0.801. The molecule has 0 amide bonds. The van der Waals surface area contributed by atoms with Crippen LogP contribution in [0, 0.1) is 0 Å². The summed E-state index contributed by atoms with van der Waals surface area (Å²) in [6.45, 7) is 0.221. The van der Waals surface area contributed by atoms with E-state index in [1.54, 1.807) is 7.05 Å². The highest BCUT2D eigenvalue weighted by atomic mass is 32.2. The van der Waals surface area contributed by atoms with Gasteiger partial charge in [-0.25, -0.2) is 13.1 Å². The van der Waals surface area contributed by atoms with Crippen LogP contribution in [-0.2, 0) is 23.6 Å². The zero-order valence-electron chi connectivity index (χ0n) is 13.1. The Kier molecular flexibility index (Phi) is 4.68. The maximum absolute atomic E-state index is 12.2. The normalized spacial score (nSPS) is 15.9. The highest BCUT2D eigenvalue weighted by Crippen LogP contribution is 2.24. The number of aromatic nitrogens is 2. The van der Waals surface area contributed by atoms with E-state index in [0.717, 1.165) is 24.2 Å². The maximum atomic E-state index is 12.2. The van der Waals surface area contributed by atoms with E-state index >= 15 is 0 Å². The third kappa shape index (κ3) is 4.11. The van der Waals surface area contributed by atoms with Crippen molar-refractivity contribution in [3.8, 4) is 5.75 Å². The highest BCUT2D eigenvalue weighted by molar-refractivity contribution is 7.89. The van der Waals surface area contributed by atoms with Crippen molar-refractivity contribution in [1.29, 1.82) is 0 Å². The zero-order valence-corrected chi connectivity index (χ0v) is 13.9. The minimum absolute atomic E-state index is 0.165. The second-order valence-electron chi connectivity index (χ2n) is 5.85. The molecule has 1 N–H and O–H groups in total. The molecule has 0 spiro atoms. The van der Waals surface area contributed by atoms with Crippen LogP contribution in [0.1, 0.15) is 31.2 Å². The maximum Gasteiger partial charge on any atom is 0.243 e. The molecule has 3 rings (SSSR count). The molecule has 1 fully saturated rings. The molecular formula is C16H21N3O3S. The van der Waals surface area contributed by atoms with Gasteiger partial charge in [0.25, 0.3) is 0 Å². The molecule has 0 unspecified atom stereocenters. The molecule has 1 saturated carbocycles. The van der Waals surface area contributed by atoms with Crippen molar-refractivity contribution in [3.63, 3.8) is 0 Å². The van der Waals surface area contributed by atoms with Gasteiger partial charge in [0.2, 0.25) is 10.0 Å². The van der Waals surface area contributed by atoms with Crippen molar-refractivity contribution in [1.82, 2.24) is 14.5 Å². The third-order valence-electron chi connectivity index (χ3n) is 3.96. The van der Waals surface area contributed by atoms with Crippen LogP contribution in [0.2, 0.25) is 0 Å². The van der Waals surface area contributed by atoms with Gasteiger partial charge in [-0.1, -0.05) is 12.1 Å². The standard InChI is InChI=1S/C16H21N3O3S/c1-19-12-16(11-17-19)23(20,21)18-10-13-5-4-8-15(9-13)22-14-6-2-3-7-14/h4-5,8-9,11-12,14,18H,2-3,6-7,10H2,1H3. The fraction of sp³-hybridized carbons (Fsp3) is 0.438. The summed E-state index contributed by atoms with van der Waals surface area (Å²) in [5.41, 5.74) is 0.868. The largest absolute Gasteiger partial charge is 0.490 e. The van der Waals surface area contributed by atoms with Crippen LogP contribution in [-0.4, -0.2) is 24.3 Å². The number of hydrogen-bond acceptors (Lipinski definition) is 4. The molecule has 0 atom stereocenters. The van der Waals surface area contributed by atoms with Crippen LogP contribution in [0.15, 0.2) is 41.6 Å². The first-order chi connectivity index (χ1) is 11.0. The zero-order chi connectivity index (χ0) is 16.3. The van der Waals surface area contributed by atoms with Crippen LogP contribution in [0.5, 0.6) is 5.75 Å². The topological polar surface area (TPSA) is 73.2 Å². The monoisotopic (exact) mass is 335 g/mol. The number of ether oxygens (including phenoxy) is 1. The molecule has 124 valence electrons. The van der Waals surface area contributed by atoms with Crippen molar-refractivity contribution in [3.05, 3.63) is 42.2 Å². The van der Waals surface area contributed by atoms with Gasteiger partial charge >= 0.3 is 0 Å². The van der Waals surface area contributed by atoms with E-state index in [0.29, 0.717) is 0 Å². The molecule has 0 radical (unpaired) electrons. The van der Waals surface area contributed by atoms with Crippen molar-refractivity contribution < 1.29 is 13.2 Å². The van der Waals surface area contributed by atoms with E-state index in [-0.39, 0.29) is 17.5 Å². The summed E-state index contributed by atoms with van der Waals surface area (Å²) in [5, 5.41) is 3.89. The number of nitrogens with zero attached hydrogens (tertiary/aromatic N) is 2. The third-order valence-corrected chi connectivity index (χ3v) is 5.32. The molecule has 2 aromatic rings. The molecule has 0 bridgehead atoms. The van der Waals surface area contributed by atoms with Gasteiger partial charge in [0.1, 0.15) is 10.6 Å². The number of aryl methyl sites for hydroxylation is 1. The average molecular weight is 335 g/mol. The first kappa shape index (κ1) is 16.0. The van der Waals surface area contributed by atoms with Gasteiger partial charge in [0, 0.05) is 19.8 Å². The van der Waals surface area contributed by atoms with E-state index < -0.39 is 10.0 Å². The Morgan fingerprint density at radius 1 is 1.35 bits per heavy atom. The first-order valence-corrected chi connectivity index (χ1v) is 9.25. The second-order valence-corrected chi connectivity index (χ2v) is 7.61. The summed E-state index contributed by atoms with van der Waals surface area (Å²) >= 11 is 0. The quantitative estimate of drug-likeness (QED) is 0.878. The summed E-state index contributed by atoms with van der Waals surface area (Å²) in [4.78, 5) is 0.165. The second kappa shape index (κ2) is 6.72. The van der Waals surface area contributed by atoms with Gasteiger partial charge in [-0.05, 0) is 43.4 Å². The highest BCUT2D eigenvalue weighted by Gasteiger charge is 2.17. The van der Waals surface area contributed by atoms with E-state index in [9.17, 15) is 8.42 Å². The predicted molar refractivity (Wildman–Crippen MR) is 86.6 cm³/mol. The Morgan fingerprint density at radius 2 is 2.13 bits per heavy atom. The lowest BCUT2D eigenvalue weighted by Gasteiger charge is -2.14. The molecule has 1 aliphatic rings. The summed E-state index contributed by atoms with van der Waals surface area (Å²) in [7, 11) is -1.86. The number of rotatable bonds is 6. The predicted octanol–water partition coefficient (Wildman–Crippen LogP) is 2.22.